The Bertz CT molecular complexity index is 2540. The Labute approximate surface area is 792 Å². The first-order valence-corrected chi connectivity index (χ1v) is 57.2. The highest BCUT2D eigenvalue weighted by Gasteiger charge is 2.54. The maximum atomic E-state index is 12.8. The maximum Gasteiger partial charge on any atom is 0.0923 e. The largest absolute Gasteiger partial charge is 0.387 e. The summed E-state index contributed by atoms with van der Waals surface area (Å²) in [4.78, 5) is 0. The van der Waals surface area contributed by atoms with Crippen molar-refractivity contribution in [1.29, 1.82) is 0 Å². The first kappa shape index (κ1) is 120. The van der Waals surface area contributed by atoms with Gasteiger partial charge in [-0.2, -0.15) is 0 Å². The Morgan fingerprint density at radius 1 is 0.206 bits per heavy atom. The molecule has 7 heteroatoms. The molecule has 24 atom stereocenters. The minimum absolute atomic E-state index is 0.0735. The molecule has 24 unspecified atom stereocenters. The van der Waals surface area contributed by atoms with E-state index in [0.29, 0.717) is 35.5 Å². The summed E-state index contributed by atoms with van der Waals surface area (Å²) in [5.74, 6) is 13.5. The van der Waals surface area contributed by atoms with Gasteiger partial charge in [0.2, 0.25) is 0 Å². The number of ether oxygens (including phenoxy) is 5. The number of aliphatic hydroxyl groups is 2. The van der Waals surface area contributed by atoms with Crippen molar-refractivity contribution >= 4 is 0 Å². The second-order valence-electron chi connectivity index (χ2n) is 50.7. The standard InChI is InChI=1S/C119H234O7/c1-90(2)48-30-54-96(13)60-36-66-102(19)72-42-78-109(125-117(27,87-45-75-105(22)69-39-63-99(16)57-33-51-93(7)8)112-83-81-110(123-112)115(25,120)85-43-73-103(20)67-37-61-97(14)55-31-49-91(3)4)108-79-80-113(122-108)118(28,88-46-76-106(23)70-40-64-100(17)58-34-52-94(9)10)126-119(29,89-47-77-107(24)71-41-65-101(18)59-35-53-95(11)12)114-84-82-111(124-114)116(26,121)86-44-74-104(21)68-38-62-98(15)56-32-50-92(5)6/h90-114,120-121H,30-89H2,1-29H3. The Balaban J connectivity index is 2.16. The molecule has 126 heavy (non-hydrogen) atoms. The summed E-state index contributed by atoms with van der Waals surface area (Å²) in [7, 11) is 0. The van der Waals surface area contributed by atoms with Gasteiger partial charge >= 0.3 is 0 Å². The first-order chi connectivity index (χ1) is 59.4. The van der Waals surface area contributed by atoms with Crippen molar-refractivity contribution in [2.75, 3.05) is 0 Å². The van der Waals surface area contributed by atoms with Gasteiger partial charge in [0, 0.05) is 0 Å². The van der Waals surface area contributed by atoms with E-state index in [0.717, 1.165) is 193 Å². The molecule has 3 saturated heterocycles. The lowest BCUT2D eigenvalue weighted by Crippen LogP contribution is -2.54. The van der Waals surface area contributed by atoms with Gasteiger partial charge in [-0.15, -0.1) is 0 Å². The molecule has 0 radical (unpaired) electrons. The lowest BCUT2D eigenvalue weighted by Gasteiger charge is -2.47. The smallest absolute Gasteiger partial charge is 0.0923 e. The molecular weight excluding hydrogens is 1540 g/mol. The van der Waals surface area contributed by atoms with Crippen molar-refractivity contribution in [3.63, 3.8) is 0 Å². The maximum absolute atomic E-state index is 12.8. The van der Waals surface area contributed by atoms with E-state index >= 15 is 0 Å². The zero-order chi connectivity index (χ0) is 93.9. The van der Waals surface area contributed by atoms with E-state index in [-0.39, 0.29) is 42.7 Å². The van der Waals surface area contributed by atoms with Crippen molar-refractivity contribution in [3.05, 3.63) is 0 Å². The molecule has 3 heterocycles. The Kier molecular flexibility index (Phi) is 63.1. The van der Waals surface area contributed by atoms with Gasteiger partial charge in [-0.1, -0.05) is 474 Å². The summed E-state index contributed by atoms with van der Waals surface area (Å²) >= 11 is 0. The lowest BCUT2D eigenvalue weighted by molar-refractivity contribution is -0.251. The van der Waals surface area contributed by atoms with Crippen molar-refractivity contribution in [1.82, 2.24) is 0 Å². The lowest BCUT2D eigenvalue weighted by atomic mass is 9.83. The summed E-state index contributed by atoms with van der Waals surface area (Å²) in [6.07, 6.45) is 71.6. The number of hydrogen-bond acceptors (Lipinski definition) is 7. The molecule has 0 aromatic carbocycles. The van der Waals surface area contributed by atoms with Crippen LogP contribution in [0, 0.1) is 107 Å². The van der Waals surface area contributed by atoms with Crippen LogP contribution in [0.4, 0.5) is 0 Å². The normalized spacial score (nSPS) is 23.6. The molecule has 3 fully saturated rings. The van der Waals surface area contributed by atoms with Gasteiger partial charge in [0.15, 0.2) is 0 Å². The van der Waals surface area contributed by atoms with Gasteiger partial charge < -0.3 is 33.9 Å². The molecule has 7 nitrogen and oxygen atoms in total. The van der Waals surface area contributed by atoms with Crippen LogP contribution in [0.1, 0.15) is 586 Å². The van der Waals surface area contributed by atoms with Crippen molar-refractivity contribution in [2.45, 2.75) is 657 Å². The topological polar surface area (TPSA) is 86.6 Å². The van der Waals surface area contributed by atoms with Gasteiger partial charge in [-0.25, -0.2) is 0 Å². The molecule has 752 valence electrons. The highest BCUT2D eigenvalue weighted by Crippen LogP contribution is 2.49. The van der Waals surface area contributed by atoms with Gasteiger partial charge in [-0.3, -0.25) is 0 Å². The fourth-order valence-electron chi connectivity index (χ4n) is 23.4. The Hall–Kier alpha value is -0.280. The molecule has 3 rings (SSSR count). The monoisotopic (exact) mass is 1780 g/mol. The molecule has 3 aliphatic rings. The first-order valence-electron chi connectivity index (χ1n) is 57.2. The van der Waals surface area contributed by atoms with Crippen LogP contribution >= 0.6 is 0 Å². The molecule has 0 amide bonds. The molecule has 0 aromatic heterocycles. The third-order valence-corrected chi connectivity index (χ3v) is 33.1. The molecule has 0 saturated carbocycles. The molecule has 0 spiro atoms. The number of rotatable bonds is 82. The van der Waals surface area contributed by atoms with Gasteiger partial charge in [-0.05, 0) is 218 Å². The second kappa shape index (κ2) is 66.3. The zero-order valence-electron chi connectivity index (χ0n) is 91.3. The van der Waals surface area contributed by atoms with E-state index in [1.165, 1.54) is 263 Å². The highest BCUT2D eigenvalue weighted by molar-refractivity contribution is 5.03. The zero-order valence-corrected chi connectivity index (χ0v) is 91.3. The molecule has 0 aromatic rings. The van der Waals surface area contributed by atoms with Crippen LogP contribution in [0.5, 0.6) is 0 Å². The van der Waals surface area contributed by atoms with E-state index in [1.807, 2.05) is 0 Å². The molecular formula is C119H234O7. The minimum atomic E-state index is -0.907. The fraction of sp³-hybridized carbons (Fsp3) is 1.00. The molecule has 0 bridgehead atoms. The van der Waals surface area contributed by atoms with E-state index in [2.05, 4.69) is 201 Å². The van der Waals surface area contributed by atoms with Crippen LogP contribution in [0.15, 0.2) is 0 Å². The highest BCUT2D eigenvalue weighted by atomic mass is 16.6. The third-order valence-electron chi connectivity index (χ3n) is 33.1. The van der Waals surface area contributed by atoms with E-state index < -0.39 is 28.0 Å². The van der Waals surface area contributed by atoms with Crippen molar-refractivity contribution < 1.29 is 33.9 Å². The Morgan fingerprint density at radius 2 is 0.381 bits per heavy atom. The minimum Gasteiger partial charge on any atom is -0.387 e. The third kappa shape index (κ3) is 54.6. The summed E-state index contributed by atoms with van der Waals surface area (Å²) in [5, 5.41) is 25.5. The summed E-state index contributed by atoms with van der Waals surface area (Å²) in [5.41, 5.74) is -3.52. The van der Waals surface area contributed by atoms with E-state index in [1.54, 1.807) is 0 Å². The quantitative estimate of drug-likeness (QED) is 0.0627. The van der Waals surface area contributed by atoms with Gasteiger partial charge in [0.1, 0.15) is 0 Å². The van der Waals surface area contributed by atoms with E-state index in [4.69, 9.17) is 23.7 Å². The summed E-state index contributed by atoms with van der Waals surface area (Å²) < 4.78 is 39.8. The molecule has 0 aliphatic carbocycles. The second-order valence-corrected chi connectivity index (χ2v) is 50.7. The average Bonchev–Trinajstić information content (AvgIpc) is 1.59. The SMILES string of the molecule is CC(C)CCCC(C)CCCC(C)CCCC(OC(C)(CCCC(C)CCCC(C)CCCC(C)C)C1CCC(C(C)(O)CCCC(C)CCCC(C)CCCC(C)C)O1)C1CCC(C(C)(CCCC(C)CCCC(C)CCCC(C)C)OC(C)(CCCC(C)CCCC(C)CCCC(C)C)C2CCC(C(C)(O)CCCC(C)CCCC(C)CCCC(C)C)O2)O1. The van der Waals surface area contributed by atoms with E-state index in [9.17, 15) is 10.2 Å². The Morgan fingerprint density at radius 3 is 0.619 bits per heavy atom. The van der Waals surface area contributed by atoms with Gasteiger partial charge in [0.25, 0.3) is 0 Å². The van der Waals surface area contributed by atoms with Crippen molar-refractivity contribution in [3.8, 4) is 0 Å². The van der Waals surface area contributed by atoms with Crippen molar-refractivity contribution in [2.24, 2.45) is 107 Å². The summed E-state index contributed by atoms with van der Waals surface area (Å²) in [6, 6.07) is 0. The van der Waals surface area contributed by atoms with Crippen LogP contribution in [0.2, 0.25) is 0 Å². The summed E-state index contributed by atoms with van der Waals surface area (Å²) in [6.45, 7) is 70.2. The van der Waals surface area contributed by atoms with Crippen LogP contribution in [-0.2, 0) is 23.7 Å². The van der Waals surface area contributed by atoms with Crippen LogP contribution in [0.3, 0.4) is 0 Å². The molecule has 2 N–H and O–H groups in total. The molecule has 3 aliphatic heterocycles. The van der Waals surface area contributed by atoms with Crippen LogP contribution in [0.25, 0.3) is 0 Å². The van der Waals surface area contributed by atoms with Crippen LogP contribution < -0.4 is 0 Å². The van der Waals surface area contributed by atoms with Crippen LogP contribution in [-0.4, -0.2) is 80.9 Å². The fourth-order valence-corrected chi connectivity index (χ4v) is 23.4. The predicted octanol–water partition coefficient (Wildman–Crippen LogP) is 37.4. The predicted molar refractivity (Wildman–Crippen MR) is 554 cm³/mol. The van der Waals surface area contributed by atoms with Gasteiger partial charge in [0.05, 0.1) is 70.7 Å². The number of hydrogen-bond donors (Lipinski definition) is 2. The average molecular weight is 1780 g/mol.